The molecule has 138 valence electrons. The van der Waals surface area contributed by atoms with Gasteiger partial charge in [-0.05, 0) is 25.0 Å². The van der Waals surface area contributed by atoms with Gasteiger partial charge in [0, 0.05) is 13.1 Å². The number of halogens is 4. The van der Waals surface area contributed by atoms with Crippen molar-refractivity contribution < 1.29 is 13.6 Å². The molecule has 2 heterocycles. The van der Waals surface area contributed by atoms with Crippen molar-refractivity contribution in [2.75, 3.05) is 23.3 Å². The first-order valence-corrected chi connectivity index (χ1v) is 9.41. The summed E-state index contributed by atoms with van der Waals surface area (Å²) in [6, 6.07) is 4.53. The van der Waals surface area contributed by atoms with Crippen molar-refractivity contribution >= 4 is 52.5 Å². The van der Waals surface area contributed by atoms with E-state index >= 15 is 0 Å². The number of carbonyl (C=O) groups excluding carboxylic acids is 1. The van der Waals surface area contributed by atoms with Crippen LogP contribution in [0.2, 0.25) is 10.0 Å². The Balaban J connectivity index is 1.86. The van der Waals surface area contributed by atoms with Gasteiger partial charge in [0.15, 0.2) is 5.69 Å². The van der Waals surface area contributed by atoms with Gasteiger partial charge in [0.2, 0.25) is 5.95 Å². The first-order valence-electron chi connectivity index (χ1n) is 7.78. The fraction of sp³-hybridized carbons (Fsp3) is 0.312. The minimum Gasteiger partial charge on any atom is -0.341 e. The molecule has 2 aromatic rings. The van der Waals surface area contributed by atoms with Crippen molar-refractivity contribution in [1.29, 1.82) is 0 Å². The van der Waals surface area contributed by atoms with E-state index in [0.717, 1.165) is 25.9 Å². The normalized spacial score (nSPS) is 14.1. The molecule has 1 N–H and O–H groups in total. The lowest BCUT2D eigenvalue weighted by Gasteiger charge is -2.16. The van der Waals surface area contributed by atoms with Crippen LogP contribution < -0.4 is 10.2 Å². The monoisotopic (exact) mass is 418 g/mol. The van der Waals surface area contributed by atoms with Crippen LogP contribution in [0.15, 0.2) is 29.3 Å². The highest BCUT2D eigenvalue weighted by Crippen LogP contribution is 2.38. The number of benzene rings is 1. The van der Waals surface area contributed by atoms with E-state index in [1.54, 1.807) is 6.07 Å². The van der Waals surface area contributed by atoms with Gasteiger partial charge >= 0.3 is 0 Å². The highest BCUT2D eigenvalue weighted by Gasteiger charge is 2.21. The Morgan fingerprint density at radius 3 is 2.65 bits per heavy atom. The molecule has 0 bridgehead atoms. The van der Waals surface area contributed by atoms with Gasteiger partial charge in [0.05, 0.1) is 26.8 Å². The molecule has 0 atom stereocenters. The van der Waals surface area contributed by atoms with Crippen molar-refractivity contribution in [3.8, 4) is 0 Å². The van der Waals surface area contributed by atoms with Crippen molar-refractivity contribution in [2.45, 2.75) is 23.5 Å². The molecule has 10 heteroatoms. The van der Waals surface area contributed by atoms with Crippen LogP contribution in [0.5, 0.6) is 0 Å². The molecular weight excluding hydrogens is 405 g/mol. The zero-order chi connectivity index (χ0) is 18.7. The molecule has 0 radical (unpaired) electrons. The fourth-order valence-electron chi connectivity index (χ4n) is 2.58. The number of thioether (sulfide) groups is 1. The first kappa shape index (κ1) is 19.1. The Kier molecular flexibility index (Phi) is 6.16. The second-order valence-electron chi connectivity index (χ2n) is 5.51. The number of hydrogen-bond acceptors (Lipinski definition) is 5. The SMILES string of the molecule is O=C(Nc1cccc(Cl)c1SC(F)F)c1nc(N2CCCC2)ncc1Cl. The highest BCUT2D eigenvalue weighted by atomic mass is 35.5. The zero-order valence-corrected chi connectivity index (χ0v) is 15.7. The van der Waals surface area contributed by atoms with E-state index in [1.807, 2.05) is 4.90 Å². The first-order chi connectivity index (χ1) is 12.5. The van der Waals surface area contributed by atoms with Gasteiger partial charge in [0.25, 0.3) is 11.7 Å². The molecule has 1 fully saturated rings. The Morgan fingerprint density at radius 2 is 1.96 bits per heavy atom. The van der Waals surface area contributed by atoms with Gasteiger partial charge in [-0.25, -0.2) is 9.97 Å². The number of amides is 1. The molecule has 0 unspecified atom stereocenters. The second-order valence-corrected chi connectivity index (χ2v) is 7.32. The fourth-order valence-corrected chi connectivity index (χ4v) is 3.67. The number of aromatic nitrogens is 2. The van der Waals surface area contributed by atoms with Crippen molar-refractivity contribution in [2.24, 2.45) is 0 Å². The van der Waals surface area contributed by atoms with E-state index in [0.29, 0.717) is 5.95 Å². The van der Waals surface area contributed by atoms with Gasteiger partial charge in [-0.2, -0.15) is 8.78 Å². The number of hydrogen-bond donors (Lipinski definition) is 1. The van der Waals surface area contributed by atoms with Crippen LogP contribution in [0.4, 0.5) is 20.4 Å². The summed E-state index contributed by atoms with van der Waals surface area (Å²) in [7, 11) is 0. The van der Waals surface area contributed by atoms with E-state index in [-0.39, 0.29) is 38.1 Å². The molecule has 0 saturated carbocycles. The summed E-state index contributed by atoms with van der Waals surface area (Å²) in [5.74, 6) is -2.86. The topological polar surface area (TPSA) is 58.1 Å². The van der Waals surface area contributed by atoms with Crippen LogP contribution >= 0.6 is 35.0 Å². The van der Waals surface area contributed by atoms with Crippen molar-refractivity contribution in [3.63, 3.8) is 0 Å². The predicted octanol–water partition coefficient (Wildman–Crippen LogP) is 4.95. The number of nitrogens with zero attached hydrogens (tertiary/aromatic N) is 3. The third-order valence-electron chi connectivity index (χ3n) is 3.76. The molecular formula is C16H14Cl2F2N4OS. The lowest BCUT2D eigenvalue weighted by molar-refractivity contribution is 0.102. The lowest BCUT2D eigenvalue weighted by atomic mass is 10.3. The highest BCUT2D eigenvalue weighted by molar-refractivity contribution is 7.99. The number of nitrogens with one attached hydrogen (secondary N) is 1. The molecule has 1 aromatic heterocycles. The molecule has 3 rings (SSSR count). The summed E-state index contributed by atoms with van der Waals surface area (Å²) < 4.78 is 25.6. The maximum atomic E-state index is 12.8. The average Bonchev–Trinajstić information content (AvgIpc) is 3.12. The molecule has 1 saturated heterocycles. The molecule has 1 aliphatic heterocycles. The van der Waals surface area contributed by atoms with Crippen LogP contribution in [0.25, 0.3) is 0 Å². The average molecular weight is 419 g/mol. The summed E-state index contributed by atoms with van der Waals surface area (Å²) in [5, 5.41) is 2.76. The standard InChI is InChI=1S/C16H14Cl2F2N4OS/c17-9-4-3-5-11(13(9)26-15(19)20)22-14(25)12-10(18)8-21-16(23-12)24-6-1-2-7-24/h3-5,8,15H,1-2,6-7H2,(H,22,25). The van der Waals surface area contributed by atoms with Crippen LogP contribution in [0, 0.1) is 0 Å². The molecule has 0 aliphatic carbocycles. The van der Waals surface area contributed by atoms with Gasteiger partial charge in [-0.1, -0.05) is 41.0 Å². The summed E-state index contributed by atoms with van der Waals surface area (Å²) in [4.78, 5) is 23.1. The largest absolute Gasteiger partial charge is 0.341 e. The van der Waals surface area contributed by atoms with Gasteiger partial charge in [0.1, 0.15) is 0 Å². The van der Waals surface area contributed by atoms with Crippen LogP contribution in [-0.4, -0.2) is 34.7 Å². The molecule has 1 aromatic carbocycles. The number of rotatable bonds is 5. The summed E-state index contributed by atoms with van der Waals surface area (Å²) in [6.45, 7) is 1.62. The quantitative estimate of drug-likeness (QED) is 0.695. The molecule has 0 spiro atoms. The summed E-state index contributed by atoms with van der Waals surface area (Å²) >= 11 is 12.3. The van der Waals surface area contributed by atoms with E-state index in [9.17, 15) is 13.6 Å². The summed E-state index contributed by atoms with van der Waals surface area (Å²) in [5.41, 5.74) is 0.154. The van der Waals surface area contributed by atoms with E-state index in [2.05, 4.69) is 15.3 Å². The smallest absolute Gasteiger partial charge is 0.289 e. The lowest BCUT2D eigenvalue weighted by Crippen LogP contribution is -2.23. The van der Waals surface area contributed by atoms with Gasteiger partial charge < -0.3 is 10.2 Å². The zero-order valence-electron chi connectivity index (χ0n) is 13.4. The van der Waals surface area contributed by atoms with E-state index in [4.69, 9.17) is 23.2 Å². The number of carbonyl (C=O) groups is 1. The minimum absolute atomic E-state index is 0.0171. The van der Waals surface area contributed by atoms with Crippen LogP contribution in [0.1, 0.15) is 23.3 Å². The van der Waals surface area contributed by atoms with Crippen LogP contribution in [-0.2, 0) is 0 Å². The maximum absolute atomic E-state index is 12.8. The Labute approximate surface area is 163 Å². The molecule has 5 nitrogen and oxygen atoms in total. The Bertz CT molecular complexity index is 819. The number of anilines is 2. The predicted molar refractivity (Wildman–Crippen MR) is 99.8 cm³/mol. The molecule has 26 heavy (non-hydrogen) atoms. The maximum Gasteiger partial charge on any atom is 0.289 e. The minimum atomic E-state index is -2.67. The van der Waals surface area contributed by atoms with Crippen molar-refractivity contribution in [1.82, 2.24) is 9.97 Å². The van der Waals surface area contributed by atoms with Crippen LogP contribution in [0.3, 0.4) is 0 Å². The van der Waals surface area contributed by atoms with E-state index < -0.39 is 11.7 Å². The van der Waals surface area contributed by atoms with Gasteiger partial charge in [-0.15, -0.1) is 0 Å². The molecule has 1 aliphatic rings. The summed E-state index contributed by atoms with van der Waals surface area (Å²) in [6.07, 6.45) is 3.43. The Morgan fingerprint density at radius 1 is 1.23 bits per heavy atom. The van der Waals surface area contributed by atoms with E-state index in [1.165, 1.54) is 18.3 Å². The third-order valence-corrected chi connectivity index (χ3v) is 5.31. The number of alkyl halides is 2. The molecule has 1 amide bonds. The van der Waals surface area contributed by atoms with Gasteiger partial charge in [-0.3, -0.25) is 4.79 Å². The second kappa shape index (κ2) is 8.37. The Hall–Kier alpha value is -1.64. The van der Waals surface area contributed by atoms with Crippen molar-refractivity contribution in [3.05, 3.63) is 40.1 Å². The third kappa shape index (κ3) is 4.36.